The Morgan fingerprint density at radius 3 is 2.31 bits per heavy atom. The van der Waals surface area contributed by atoms with Gasteiger partial charge in [0.25, 0.3) is 0 Å². The van der Waals surface area contributed by atoms with Gasteiger partial charge in [0.15, 0.2) is 0 Å². The average molecular weight is 175 g/mol. The van der Waals surface area contributed by atoms with E-state index < -0.39 is 0 Å². The van der Waals surface area contributed by atoms with Crippen LogP contribution in [0.5, 0.6) is 0 Å². The van der Waals surface area contributed by atoms with Crippen molar-refractivity contribution in [1.29, 1.82) is 0 Å². The van der Waals surface area contributed by atoms with Crippen LogP contribution in [0.3, 0.4) is 0 Å². The molecule has 0 aliphatic heterocycles. The van der Waals surface area contributed by atoms with E-state index in [-0.39, 0.29) is 0 Å². The highest BCUT2D eigenvalue weighted by atomic mass is 14.5. The molecule has 13 heavy (non-hydrogen) atoms. The van der Waals surface area contributed by atoms with Crippen molar-refractivity contribution < 1.29 is 0 Å². The van der Waals surface area contributed by atoms with E-state index in [1.54, 1.807) is 0 Å². The van der Waals surface area contributed by atoms with Gasteiger partial charge in [-0.2, -0.15) is 0 Å². The third-order valence-corrected chi connectivity index (χ3v) is 2.81. The SMILES string of the molecule is C=Cc1cc(CN)c(C)c(C)c1C. The fourth-order valence-corrected chi connectivity index (χ4v) is 1.57. The zero-order valence-electron chi connectivity index (χ0n) is 8.65. The predicted octanol–water partition coefficient (Wildman–Crippen LogP) is 2.71. The van der Waals surface area contributed by atoms with Crippen LogP contribution in [0.25, 0.3) is 6.08 Å². The third-order valence-electron chi connectivity index (χ3n) is 2.81. The number of hydrogen-bond acceptors (Lipinski definition) is 1. The van der Waals surface area contributed by atoms with E-state index in [0.717, 1.165) is 0 Å². The van der Waals surface area contributed by atoms with Gasteiger partial charge in [-0.3, -0.25) is 0 Å². The molecule has 0 saturated carbocycles. The normalized spacial score (nSPS) is 10.2. The highest BCUT2D eigenvalue weighted by molar-refractivity contribution is 5.57. The van der Waals surface area contributed by atoms with Crippen LogP contribution < -0.4 is 5.73 Å². The minimum Gasteiger partial charge on any atom is -0.326 e. The number of hydrogen-bond donors (Lipinski definition) is 1. The Bertz CT molecular complexity index is 337. The summed E-state index contributed by atoms with van der Waals surface area (Å²) in [6, 6.07) is 2.13. The molecule has 0 aliphatic rings. The summed E-state index contributed by atoms with van der Waals surface area (Å²) in [6.45, 7) is 10.8. The van der Waals surface area contributed by atoms with Crippen LogP contribution >= 0.6 is 0 Å². The molecule has 1 aromatic carbocycles. The van der Waals surface area contributed by atoms with Gasteiger partial charge in [0.05, 0.1) is 0 Å². The summed E-state index contributed by atoms with van der Waals surface area (Å²) in [5, 5.41) is 0. The minimum absolute atomic E-state index is 0.605. The summed E-state index contributed by atoms with van der Waals surface area (Å²) >= 11 is 0. The summed E-state index contributed by atoms with van der Waals surface area (Å²) in [6.07, 6.45) is 1.89. The lowest BCUT2D eigenvalue weighted by Gasteiger charge is -2.12. The van der Waals surface area contributed by atoms with Crippen molar-refractivity contribution in [2.45, 2.75) is 27.3 Å². The lowest BCUT2D eigenvalue weighted by Crippen LogP contribution is -2.03. The smallest absolute Gasteiger partial charge is 0.0181 e. The molecule has 0 atom stereocenters. The summed E-state index contributed by atoms with van der Waals surface area (Å²) in [4.78, 5) is 0. The van der Waals surface area contributed by atoms with Gasteiger partial charge >= 0.3 is 0 Å². The van der Waals surface area contributed by atoms with E-state index in [4.69, 9.17) is 5.73 Å². The second-order valence-electron chi connectivity index (χ2n) is 3.41. The molecule has 70 valence electrons. The molecule has 1 rings (SSSR count). The van der Waals surface area contributed by atoms with Gasteiger partial charge in [-0.25, -0.2) is 0 Å². The lowest BCUT2D eigenvalue weighted by atomic mass is 9.94. The summed E-state index contributed by atoms with van der Waals surface area (Å²) in [7, 11) is 0. The highest BCUT2D eigenvalue weighted by Crippen LogP contribution is 2.21. The van der Waals surface area contributed by atoms with Crippen molar-refractivity contribution in [1.82, 2.24) is 0 Å². The van der Waals surface area contributed by atoms with Crippen LogP contribution in [0.2, 0.25) is 0 Å². The minimum atomic E-state index is 0.605. The van der Waals surface area contributed by atoms with Crippen LogP contribution in [0, 0.1) is 20.8 Å². The molecule has 0 saturated heterocycles. The predicted molar refractivity (Wildman–Crippen MR) is 58.6 cm³/mol. The van der Waals surface area contributed by atoms with E-state index in [1.165, 1.54) is 27.8 Å². The van der Waals surface area contributed by atoms with Crippen molar-refractivity contribution in [3.63, 3.8) is 0 Å². The molecule has 1 nitrogen and oxygen atoms in total. The van der Waals surface area contributed by atoms with Crippen molar-refractivity contribution in [3.8, 4) is 0 Å². The maximum absolute atomic E-state index is 5.66. The molecule has 1 aromatic rings. The molecule has 0 aromatic heterocycles. The quantitative estimate of drug-likeness (QED) is 0.734. The van der Waals surface area contributed by atoms with Crippen molar-refractivity contribution >= 4 is 6.08 Å². The molecule has 0 amide bonds. The first-order valence-corrected chi connectivity index (χ1v) is 4.54. The first-order chi connectivity index (χ1) is 6.11. The first-order valence-electron chi connectivity index (χ1n) is 4.54. The molecule has 0 heterocycles. The zero-order valence-corrected chi connectivity index (χ0v) is 8.65. The molecule has 0 radical (unpaired) electrons. The van der Waals surface area contributed by atoms with Crippen LogP contribution in [0.4, 0.5) is 0 Å². The molecule has 2 N–H and O–H groups in total. The zero-order chi connectivity index (χ0) is 10.0. The first kappa shape index (κ1) is 10.0. The third kappa shape index (κ3) is 1.65. The van der Waals surface area contributed by atoms with Crippen LogP contribution in [0.1, 0.15) is 27.8 Å². The average Bonchev–Trinajstić information content (AvgIpc) is 2.15. The van der Waals surface area contributed by atoms with Gasteiger partial charge in [0.2, 0.25) is 0 Å². The fraction of sp³-hybridized carbons (Fsp3) is 0.333. The number of nitrogens with two attached hydrogens (primary N) is 1. The van der Waals surface area contributed by atoms with E-state index in [2.05, 4.69) is 33.4 Å². The fourth-order valence-electron chi connectivity index (χ4n) is 1.57. The molecule has 0 aliphatic carbocycles. The molecule has 0 fully saturated rings. The van der Waals surface area contributed by atoms with Crippen molar-refractivity contribution in [2.24, 2.45) is 5.73 Å². The molecule has 1 heteroatoms. The Morgan fingerprint density at radius 2 is 1.85 bits per heavy atom. The monoisotopic (exact) mass is 175 g/mol. The highest BCUT2D eigenvalue weighted by Gasteiger charge is 2.05. The van der Waals surface area contributed by atoms with E-state index in [9.17, 15) is 0 Å². The van der Waals surface area contributed by atoms with Gasteiger partial charge in [-0.05, 0) is 54.7 Å². The molecule has 0 bridgehead atoms. The largest absolute Gasteiger partial charge is 0.326 e. The summed E-state index contributed by atoms with van der Waals surface area (Å²) in [5.41, 5.74) is 12.0. The van der Waals surface area contributed by atoms with Crippen LogP contribution in [-0.2, 0) is 6.54 Å². The summed E-state index contributed by atoms with van der Waals surface area (Å²) < 4.78 is 0. The van der Waals surface area contributed by atoms with E-state index in [1.807, 2.05) is 6.08 Å². The van der Waals surface area contributed by atoms with Gasteiger partial charge in [-0.15, -0.1) is 0 Å². The molecule has 0 unspecified atom stereocenters. The second-order valence-corrected chi connectivity index (χ2v) is 3.41. The van der Waals surface area contributed by atoms with E-state index in [0.29, 0.717) is 6.54 Å². The van der Waals surface area contributed by atoms with Gasteiger partial charge < -0.3 is 5.73 Å². The maximum atomic E-state index is 5.66. The van der Waals surface area contributed by atoms with Crippen molar-refractivity contribution in [3.05, 3.63) is 40.5 Å². The summed E-state index contributed by atoms with van der Waals surface area (Å²) in [5.74, 6) is 0. The standard InChI is InChI=1S/C12H17N/c1-5-11-6-12(7-13)10(4)8(2)9(11)3/h5-6H,1,7,13H2,2-4H3. The Morgan fingerprint density at radius 1 is 1.23 bits per heavy atom. The second kappa shape index (κ2) is 3.75. The molecule has 0 spiro atoms. The molecular weight excluding hydrogens is 158 g/mol. The van der Waals surface area contributed by atoms with Gasteiger partial charge in [0.1, 0.15) is 0 Å². The Kier molecular flexibility index (Phi) is 2.89. The Labute approximate surface area is 80.3 Å². The van der Waals surface area contributed by atoms with E-state index >= 15 is 0 Å². The van der Waals surface area contributed by atoms with Gasteiger partial charge in [-0.1, -0.05) is 12.7 Å². The van der Waals surface area contributed by atoms with Crippen LogP contribution in [0.15, 0.2) is 12.6 Å². The van der Waals surface area contributed by atoms with Crippen molar-refractivity contribution in [2.75, 3.05) is 0 Å². The number of benzene rings is 1. The topological polar surface area (TPSA) is 26.0 Å². The maximum Gasteiger partial charge on any atom is 0.0181 e. The van der Waals surface area contributed by atoms with Crippen LogP contribution in [-0.4, -0.2) is 0 Å². The number of rotatable bonds is 2. The lowest BCUT2D eigenvalue weighted by molar-refractivity contribution is 1.03. The Hall–Kier alpha value is -1.08. The Balaban J connectivity index is 3.45. The van der Waals surface area contributed by atoms with Gasteiger partial charge in [0, 0.05) is 6.54 Å². The molecular formula is C12H17N.